The second-order valence-corrected chi connectivity index (χ2v) is 4.76. The number of hydrogen-bond donors (Lipinski definition) is 3. The topological polar surface area (TPSA) is 52.0 Å². The standard InChI is InChI=1S/C14H14N2.C3H8S/c15-13-8-4-7-12(14(13)16)10-9-11-5-2-1-3-6-11;1-2-3-4/h1-10H,15-16H2;4H,2-3H2,1H3. The maximum Gasteiger partial charge on any atom is 0.0621 e. The van der Waals surface area contributed by atoms with Gasteiger partial charge in [-0.25, -0.2) is 0 Å². The van der Waals surface area contributed by atoms with E-state index < -0.39 is 0 Å². The summed E-state index contributed by atoms with van der Waals surface area (Å²) in [6, 6.07) is 15.7. The summed E-state index contributed by atoms with van der Waals surface area (Å²) in [5.74, 6) is 1.01. The van der Waals surface area contributed by atoms with Crippen molar-refractivity contribution in [2.24, 2.45) is 0 Å². The van der Waals surface area contributed by atoms with Gasteiger partial charge in [0.1, 0.15) is 0 Å². The monoisotopic (exact) mass is 286 g/mol. The molecule has 2 rings (SSSR count). The fourth-order valence-electron chi connectivity index (χ4n) is 1.50. The zero-order valence-electron chi connectivity index (χ0n) is 11.8. The Bertz CT molecular complexity index is 534. The van der Waals surface area contributed by atoms with E-state index in [0.29, 0.717) is 11.4 Å². The number of benzene rings is 2. The van der Waals surface area contributed by atoms with Crippen molar-refractivity contribution in [1.82, 2.24) is 0 Å². The summed E-state index contributed by atoms with van der Waals surface area (Å²) < 4.78 is 0. The van der Waals surface area contributed by atoms with Crippen molar-refractivity contribution in [2.75, 3.05) is 17.2 Å². The molecule has 0 fully saturated rings. The molecule has 20 heavy (non-hydrogen) atoms. The highest BCUT2D eigenvalue weighted by Crippen LogP contribution is 2.21. The molecule has 0 aromatic heterocycles. The Balaban J connectivity index is 0.000000444. The normalized spacial score (nSPS) is 10.1. The van der Waals surface area contributed by atoms with Gasteiger partial charge in [0.05, 0.1) is 11.4 Å². The zero-order valence-corrected chi connectivity index (χ0v) is 12.7. The third-order valence-electron chi connectivity index (χ3n) is 2.65. The van der Waals surface area contributed by atoms with Crippen LogP contribution in [-0.2, 0) is 0 Å². The summed E-state index contributed by atoms with van der Waals surface area (Å²) in [5.41, 5.74) is 14.9. The molecule has 0 bridgehead atoms. The zero-order chi connectivity index (χ0) is 14.8. The lowest BCUT2D eigenvalue weighted by Crippen LogP contribution is -1.96. The molecule has 0 unspecified atom stereocenters. The van der Waals surface area contributed by atoms with Gasteiger partial charge in [-0.3, -0.25) is 0 Å². The molecular weight excluding hydrogens is 264 g/mol. The SMILES string of the molecule is CCCS.Nc1cccc(C=Cc2ccccc2)c1N. The van der Waals surface area contributed by atoms with E-state index in [2.05, 4.69) is 19.6 Å². The van der Waals surface area contributed by atoms with Crippen LogP contribution >= 0.6 is 12.6 Å². The van der Waals surface area contributed by atoms with Gasteiger partial charge in [0.2, 0.25) is 0 Å². The molecule has 0 heterocycles. The Kier molecular flexibility index (Phi) is 7.36. The molecular formula is C17H22N2S. The van der Waals surface area contributed by atoms with Crippen LogP contribution < -0.4 is 11.5 Å². The Hall–Kier alpha value is -1.87. The number of nitrogen functional groups attached to an aromatic ring is 2. The summed E-state index contributed by atoms with van der Waals surface area (Å²) in [5, 5.41) is 0. The maximum absolute atomic E-state index is 5.87. The van der Waals surface area contributed by atoms with E-state index in [1.807, 2.05) is 54.6 Å². The van der Waals surface area contributed by atoms with Gasteiger partial charge in [-0.05, 0) is 29.4 Å². The summed E-state index contributed by atoms with van der Waals surface area (Å²) >= 11 is 3.92. The van der Waals surface area contributed by atoms with Crippen LogP contribution in [0.5, 0.6) is 0 Å². The molecule has 0 amide bonds. The van der Waals surface area contributed by atoms with E-state index in [0.717, 1.165) is 16.9 Å². The van der Waals surface area contributed by atoms with Crippen LogP contribution in [0.15, 0.2) is 48.5 Å². The third-order valence-corrected chi connectivity index (χ3v) is 3.10. The average molecular weight is 286 g/mol. The average Bonchev–Trinajstić information content (AvgIpc) is 2.50. The van der Waals surface area contributed by atoms with Gasteiger partial charge >= 0.3 is 0 Å². The predicted octanol–water partition coefficient (Wildman–Crippen LogP) is 4.35. The smallest absolute Gasteiger partial charge is 0.0621 e. The predicted molar refractivity (Wildman–Crippen MR) is 94.8 cm³/mol. The van der Waals surface area contributed by atoms with Crippen LogP contribution in [0.4, 0.5) is 11.4 Å². The fourth-order valence-corrected chi connectivity index (χ4v) is 1.50. The van der Waals surface area contributed by atoms with Gasteiger partial charge in [0.15, 0.2) is 0 Å². The van der Waals surface area contributed by atoms with Crippen LogP contribution in [0.1, 0.15) is 24.5 Å². The van der Waals surface area contributed by atoms with Crippen LogP contribution in [0, 0.1) is 0 Å². The van der Waals surface area contributed by atoms with Crippen LogP contribution in [0.2, 0.25) is 0 Å². The Morgan fingerprint density at radius 1 is 0.950 bits per heavy atom. The first-order valence-corrected chi connectivity index (χ1v) is 7.30. The molecule has 2 nitrogen and oxygen atoms in total. The van der Waals surface area contributed by atoms with Gasteiger partial charge in [-0.1, -0.05) is 61.5 Å². The minimum atomic E-state index is 0.621. The molecule has 0 aliphatic rings. The molecule has 2 aromatic carbocycles. The molecule has 0 saturated heterocycles. The lowest BCUT2D eigenvalue weighted by Gasteiger charge is -2.03. The first-order chi connectivity index (χ1) is 9.69. The molecule has 0 radical (unpaired) electrons. The molecule has 0 aliphatic heterocycles. The molecule has 0 atom stereocenters. The first-order valence-electron chi connectivity index (χ1n) is 6.67. The van der Waals surface area contributed by atoms with Crippen molar-refractivity contribution in [3.8, 4) is 0 Å². The fraction of sp³-hybridized carbons (Fsp3) is 0.176. The third kappa shape index (κ3) is 5.41. The lowest BCUT2D eigenvalue weighted by atomic mass is 10.1. The Labute approximate surface area is 126 Å². The van der Waals surface area contributed by atoms with Crippen LogP contribution in [-0.4, -0.2) is 5.75 Å². The van der Waals surface area contributed by atoms with E-state index in [4.69, 9.17) is 11.5 Å². The van der Waals surface area contributed by atoms with Crippen LogP contribution in [0.3, 0.4) is 0 Å². The summed E-state index contributed by atoms with van der Waals surface area (Å²) in [4.78, 5) is 0. The quantitative estimate of drug-likeness (QED) is 0.446. The van der Waals surface area contributed by atoms with Crippen molar-refractivity contribution in [3.63, 3.8) is 0 Å². The molecule has 0 spiro atoms. The molecule has 106 valence electrons. The number of rotatable bonds is 3. The largest absolute Gasteiger partial charge is 0.397 e. The van der Waals surface area contributed by atoms with Gasteiger partial charge in [-0.2, -0.15) is 12.6 Å². The Morgan fingerprint density at radius 3 is 2.20 bits per heavy atom. The lowest BCUT2D eigenvalue weighted by molar-refractivity contribution is 1.11. The minimum Gasteiger partial charge on any atom is -0.397 e. The van der Waals surface area contributed by atoms with E-state index in [1.165, 1.54) is 6.42 Å². The van der Waals surface area contributed by atoms with Gasteiger partial charge in [0, 0.05) is 0 Å². The van der Waals surface area contributed by atoms with Crippen LogP contribution in [0.25, 0.3) is 12.2 Å². The van der Waals surface area contributed by atoms with E-state index >= 15 is 0 Å². The second kappa shape index (κ2) is 9.10. The van der Waals surface area contributed by atoms with Gasteiger partial charge < -0.3 is 11.5 Å². The van der Waals surface area contributed by atoms with Crippen molar-refractivity contribution in [3.05, 3.63) is 59.7 Å². The highest BCUT2D eigenvalue weighted by atomic mass is 32.1. The van der Waals surface area contributed by atoms with Crippen molar-refractivity contribution >= 4 is 36.2 Å². The molecule has 3 heteroatoms. The summed E-state index contributed by atoms with van der Waals surface area (Å²) in [7, 11) is 0. The second-order valence-electron chi connectivity index (χ2n) is 4.32. The van der Waals surface area contributed by atoms with Crippen molar-refractivity contribution < 1.29 is 0 Å². The maximum atomic E-state index is 5.87. The van der Waals surface area contributed by atoms with Gasteiger partial charge in [0.25, 0.3) is 0 Å². The Morgan fingerprint density at radius 2 is 1.60 bits per heavy atom. The van der Waals surface area contributed by atoms with Crippen molar-refractivity contribution in [1.29, 1.82) is 0 Å². The highest BCUT2D eigenvalue weighted by Gasteiger charge is 1.97. The van der Waals surface area contributed by atoms with E-state index in [9.17, 15) is 0 Å². The van der Waals surface area contributed by atoms with E-state index in [1.54, 1.807) is 6.07 Å². The molecule has 2 aromatic rings. The van der Waals surface area contributed by atoms with Gasteiger partial charge in [-0.15, -0.1) is 0 Å². The van der Waals surface area contributed by atoms with E-state index in [-0.39, 0.29) is 0 Å². The number of hydrogen-bond acceptors (Lipinski definition) is 3. The number of nitrogens with two attached hydrogens (primary N) is 2. The first kappa shape index (κ1) is 16.2. The summed E-state index contributed by atoms with van der Waals surface area (Å²) in [6.45, 7) is 2.10. The number of thiol groups is 1. The molecule has 4 N–H and O–H groups in total. The molecule has 0 saturated carbocycles. The number of para-hydroxylation sites is 1. The number of anilines is 2. The van der Waals surface area contributed by atoms with Crippen molar-refractivity contribution in [2.45, 2.75) is 13.3 Å². The molecule has 0 aliphatic carbocycles. The minimum absolute atomic E-state index is 0.621. The summed E-state index contributed by atoms with van der Waals surface area (Å²) in [6.07, 6.45) is 5.18. The highest BCUT2D eigenvalue weighted by molar-refractivity contribution is 7.80.